The number of aromatic nitrogens is 1. The largest absolute Gasteiger partial charge is 0.349 e. The molecule has 0 unspecified atom stereocenters. The van der Waals surface area contributed by atoms with Gasteiger partial charge in [-0.1, -0.05) is 19.8 Å². The van der Waals surface area contributed by atoms with E-state index in [0.29, 0.717) is 11.6 Å². The molecule has 1 saturated carbocycles. The van der Waals surface area contributed by atoms with Gasteiger partial charge in [0.15, 0.2) is 0 Å². The molecular formula is C14H20N2OS. The van der Waals surface area contributed by atoms with Gasteiger partial charge < -0.3 is 5.32 Å². The van der Waals surface area contributed by atoms with Crippen molar-refractivity contribution in [2.24, 2.45) is 5.92 Å². The Hall–Kier alpha value is -1.03. The number of hydrogen-bond acceptors (Lipinski definition) is 3. The fraction of sp³-hybridized carbons (Fsp3) is 0.571. The number of carbonyl (C=O) groups is 1. The van der Waals surface area contributed by atoms with Crippen LogP contribution in [0.25, 0.3) is 0 Å². The van der Waals surface area contributed by atoms with Gasteiger partial charge in [-0.25, -0.2) is 4.98 Å². The summed E-state index contributed by atoms with van der Waals surface area (Å²) in [7, 11) is 0. The lowest BCUT2D eigenvalue weighted by Gasteiger charge is -2.27. The summed E-state index contributed by atoms with van der Waals surface area (Å²) in [6.07, 6.45) is 8.38. The van der Waals surface area contributed by atoms with Crippen molar-refractivity contribution >= 4 is 17.7 Å². The van der Waals surface area contributed by atoms with Crippen LogP contribution in [-0.2, 0) is 0 Å². The monoisotopic (exact) mass is 264 g/mol. The predicted molar refractivity (Wildman–Crippen MR) is 74.9 cm³/mol. The van der Waals surface area contributed by atoms with Crippen molar-refractivity contribution in [1.29, 1.82) is 0 Å². The Bertz CT molecular complexity index is 422. The lowest BCUT2D eigenvalue weighted by atomic mass is 9.87. The maximum Gasteiger partial charge on any atom is 0.254 e. The summed E-state index contributed by atoms with van der Waals surface area (Å²) in [6.45, 7) is 2.26. The zero-order chi connectivity index (χ0) is 13.0. The minimum atomic E-state index is 0.0200. The van der Waals surface area contributed by atoms with Gasteiger partial charge in [0, 0.05) is 12.2 Å². The Morgan fingerprint density at radius 3 is 3.06 bits per heavy atom. The first-order valence-electron chi connectivity index (χ1n) is 6.50. The quantitative estimate of drug-likeness (QED) is 0.853. The van der Waals surface area contributed by atoms with Gasteiger partial charge in [-0.2, -0.15) is 0 Å². The fourth-order valence-corrected chi connectivity index (χ4v) is 3.10. The molecule has 1 N–H and O–H groups in total. The molecule has 98 valence electrons. The van der Waals surface area contributed by atoms with Crippen LogP contribution in [0.3, 0.4) is 0 Å². The number of hydrogen-bond donors (Lipinski definition) is 1. The van der Waals surface area contributed by atoms with Crippen molar-refractivity contribution in [3.8, 4) is 0 Å². The Balaban J connectivity index is 2.03. The van der Waals surface area contributed by atoms with Crippen LogP contribution < -0.4 is 5.32 Å². The number of amides is 1. The molecule has 0 saturated heterocycles. The molecule has 2 atom stereocenters. The van der Waals surface area contributed by atoms with Crippen LogP contribution >= 0.6 is 11.8 Å². The molecular weight excluding hydrogens is 244 g/mol. The van der Waals surface area contributed by atoms with Crippen molar-refractivity contribution in [2.45, 2.75) is 43.7 Å². The van der Waals surface area contributed by atoms with E-state index in [1.165, 1.54) is 24.6 Å². The van der Waals surface area contributed by atoms with E-state index in [4.69, 9.17) is 0 Å². The van der Waals surface area contributed by atoms with Gasteiger partial charge in [0.05, 0.1) is 5.56 Å². The number of thioether (sulfide) groups is 1. The van der Waals surface area contributed by atoms with Crippen molar-refractivity contribution in [3.05, 3.63) is 23.9 Å². The number of pyridine rings is 1. The highest BCUT2D eigenvalue weighted by Crippen LogP contribution is 2.24. The van der Waals surface area contributed by atoms with Gasteiger partial charge in [0.25, 0.3) is 5.91 Å². The minimum absolute atomic E-state index is 0.0200. The second-order valence-electron chi connectivity index (χ2n) is 5.00. The zero-order valence-corrected chi connectivity index (χ0v) is 11.8. The van der Waals surface area contributed by atoms with E-state index in [0.717, 1.165) is 23.8 Å². The molecule has 0 spiro atoms. The van der Waals surface area contributed by atoms with Crippen LogP contribution in [-0.4, -0.2) is 23.2 Å². The Morgan fingerprint density at radius 2 is 2.33 bits per heavy atom. The van der Waals surface area contributed by atoms with Crippen LogP contribution in [0.15, 0.2) is 23.4 Å². The van der Waals surface area contributed by atoms with E-state index in [1.54, 1.807) is 6.20 Å². The molecule has 0 radical (unpaired) electrons. The Morgan fingerprint density at radius 1 is 1.50 bits per heavy atom. The van der Waals surface area contributed by atoms with E-state index >= 15 is 0 Å². The lowest BCUT2D eigenvalue weighted by molar-refractivity contribution is 0.0917. The summed E-state index contributed by atoms with van der Waals surface area (Å²) in [5, 5.41) is 3.95. The molecule has 0 aliphatic heterocycles. The van der Waals surface area contributed by atoms with Gasteiger partial charge in [0.2, 0.25) is 0 Å². The molecule has 18 heavy (non-hydrogen) atoms. The predicted octanol–water partition coefficient (Wildman–Crippen LogP) is 3.11. The molecule has 1 fully saturated rings. The second kappa shape index (κ2) is 6.23. The topological polar surface area (TPSA) is 42.0 Å². The summed E-state index contributed by atoms with van der Waals surface area (Å²) in [6, 6.07) is 4.00. The molecule has 2 rings (SSSR count). The van der Waals surface area contributed by atoms with Gasteiger partial charge in [-0.15, -0.1) is 11.8 Å². The average molecular weight is 264 g/mol. The maximum atomic E-state index is 12.2. The number of rotatable bonds is 3. The van der Waals surface area contributed by atoms with E-state index in [9.17, 15) is 4.79 Å². The average Bonchev–Trinajstić information content (AvgIpc) is 2.38. The Labute approximate surface area is 113 Å². The van der Waals surface area contributed by atoms with Crippen molar-refractivity contribution in [1.82, 2.24) is 10.3 Å². The highest BCUT2D eigenvalue weighted by molar-refractivity contribution is 7.98. The molecule has 0 aromatic carbocycles. The lowest BCUT2D eigenvalue weighted by Crippen LogP contribution is -2.38. The molecule has 1 aromatic heterocycles. The molecule has 1 aliphatic carbocycles. The third-order valence-electron chi connectivity index (χ3n) is 3.48. The summed E-state index contributed by atoms with van der Waals surface area (Å²) in [5.74, 6) is 0.740. The second-order valence-corrected chi connectivity index (χ2v) is 5.80. The van der Waals surface area contributed by atoms with E-state index in [-0.39, 0.29) is 5.91 Å². The van der Waals surface area contributed by atoms with Crippen molar-refractivity contribution in [2.75, 3.05) is 6.26 Å². The van der Waals surface area contributed by atoms with E-state index < -0.39 is 0 Å². The third kappa shape index (κ3) is 3.25. The molecule has 3 nitrogen and oxygen atoms in total. The molecule has 1 aromatic rings. The summed E-state index contributed by atoms with van der Waals surface area (Å²) < 4.78 is 0. The smallest absolute Gasteiger partial charge is 0.254 e. The summed E-state index contributed by atoms with van der Waals surface area (Å²) in [5.41, 5.74) is 0.697. The first kappa shape index (κ1) is 13.4. The highest BCUT2D eigenvalue weighted by Gasteiger charge is 2.21. The van der Waals surface area contributed by atoms with Gasteiger partial charge in [-0.3, -0.25) is 4.79 Å². The van der Waals surface area contributed by atoms with E-state index in [2.05, 4.69) is 17.2 Å². The van der Waals surface area contributed by atoms with Gasteiger partial charge in [0.1, 0.15) is 5.03 Å². The van der Waals surface area contributed by atoms with Crippen LogP contribution in [0.5, 0.6) is 0 Å². The molecule has 4 heteroatoms. The SMILES string of the molecule is CSc1ncccc1C(=O)N[C@@H]1CCC[C@H](C)C1. The van der Waals surface area contributed by atoms with Crippen LogP contribution in [0.2, 0.25) is 0 Å². The minimum Gasteiger partial charge on any atom is -0.349 e. The van der Waals surface area contributed by atoms with Gasteiger partial charge >= 0.3 is 0 Å². The van der Waals surface area contributed by atoms with Crippen LogP contribution in [0.4, 0.5) is 0 Å². The first-order valence-corrected chi connectivity index (χ1v) is 7.73. The molecule has 1 heterocycles. The maximum absolute atomic E-state index is 12.2. The summed E-state index contributed by atoms with van der Waals surface area (Å²) >= 11 is 1.51. The molecule has 1 amide bonds. The molecule has 1 aliphatic rings. The highest BCUT2D eigenvalue weighted by atomic mass is 32.2. The number of carbonyl (C=O) groups excluding carboxylic acids is 1. The van der Waals surface area contributed by atoms with E-state index in [1.807, 2.05) is 18.4 Å². The molecule has 0 bridgehead atoms. The van der Waals surface area contributed by atoms with Crippen LogP contribution in [0.1, 0.15) is 43.0 Å². The summed E-state index contributed by atoms with van der Waals surface area (Å²) in [4.78, 5) is 16.5. The fourth-order valence-electron chi connectivity index (χ4n) is 2.55. The standard InChI is InChI=1S/C14H20N2OS/c1-10-5-3-6-11(9-10)16-13(17)12-7-4-8-15-14(12)18-2/h4,7-8,10-11H,3,5-6,9H2,1-2H3,(H,16,17)/t10-,11+/m0/s1. The number of nitrogens with one attached hydrogen (secondary N) is 1. The van der Waals surface area contributed by atoms with Crippen molar-refractivity contribution in [3.63, 3.8) is 0 Å². The Kier molecular flexibility index (Phi) is 4.64. The third-order valence-corrected chi connectivity index (χ3v) is 4.19. The zero-order valence-electron chi connectivity index (χ0n) is 11.0. The van der Waals surface area contributed by atoms with Crippen molar-refractivity contribution < 1.29 is 4.79 Å². The van der Waals surface area contributed by atoms with Gasteiger partial charge in [-0.05, 0) is 37.1 Å². The first-order chi connectivity index (χ1) is 8.70. The van der Waals surface area contributed by atoms with Crippen LogP contribution in [0, 0.1) is 5.92 Å². The normalized spacial score (nSPS) is 23.7. The number of nitrogens with zero attached hydrogens (tertiary/aromatic N) is 1.